The van der Waals surface area contributed by atoms with Crippen molar-refractivity contribution in [3.8, 4) is 0 Å². The third kappa shape index (κ3) is 1.48. The van der Waals surface area contributed by atoms with Gasteiger partial charge in [0.15, 0.2) is 5.03 Å². The summed E-state index contributed by atoms with van der Waals surface area (Å²) in [6, 6.07) is 0. The number of hydrogen-bond acceptors (Lipinski definition) is 2. The summed E-state index contributed by atoms with van der Waals surface area (Å²) in [5.74, 6) is 0.155. The molecule has 5 nitrogen and oxygen atoms in total. The molecule has 1 aliphatic rings. The van der Waals surface area contributed by atoms with E-state index in [9.17, 15) is 10.1 Å². The molecule has 0 aromatic carbocycles. The monoisotopic (exact) mass is 139 g/mol. The lowest BCUT2D eigenvalue weighted by molar-refractivity contribution is -0.484. The van der Waals surface area contributed by atoms with Gasteiger partial charge < -0.3 is 0 Å². The van der Waals surface area contributed by atoms with E-state index < -0.39 is 5.03 Å². The molecule has 0 amide bonds. The number of nitro groups is 1. The van der Waals surface area contributed by atoms with E-state index in [1.807, 2.05) is 0 Å². The molecule has 0 N–H and O–H groups in total. The van der Waals surface area contributed by atoms with Gasteiger partial charge in [-0.25, -0.2) is 15.1 Å². The molecule has 5 heteroatoms. The second-order valence-electron chi connectivity index (χ2n) is 1.78. The zero-order chi connectivity index (χ0) is 7.56. The molecule has 0 saturated carbocycles. The van der Waals surface area contributed by atoms with E-state index in [1.165, 1.54) is 6.08 Å². The van der Waals surface area contributed by atoms with Crippen molar-refractivity contribution in [3.05, 3.63) is 22.3 Å². The lowest BCUT2D eigenvalue weighted by atomic mass is 10.4. The molecule has 1 heterocycles. The highest BCUT2D eigenvalue weighted by molar-refractivity contribution is 6.14. The first-order chi connectivity index (χ1) is 4.68. The van der Waals surface area contributed by atoms with Crippen LogP contribution in [-0.4, -0.2) is 16.6 Å². The average molecular weight is 139 g/mol. The summed E-state index contributed by atoms with van der Waals surface area (Å²) in [7, 11) is 0. The Morgan fingerprint density at radius 1 is 1.70 bits per heavy atom. The highest BCUT2D eigenvalue weighted by atomic mass is 16.7. The van der Waals surface area contributed by atoms with Crippen LogP contribution < -0.4 is 0 Å². The summed E-state index contributed by atoms with van der Waals surface area (Å²) in [6.07, 6.45) is 3.17. The van der Waals surface area contributed by atoms with Crippen LogP contribution in [0.3, 0.4) is 0 Å². The van der Waals surface area contributed by atoms with E-state index in [1.54, 1.807) is 13.0 Å². The second-order valence-corrected chi connectivity index (χ2v) is 1.78. The van der Waals surface area contributed by atoms with Crippen LogP contribution >= 0.6 is 0 Å². The molecular formula is C5H5N3O2. The fourth-order valence-corrected chi connectivity index (χ4v) is 0.590. The van der Waals surface area contributed by atoms with Crippen LogP contribution in [0.5, 0.6) is 0 Å². The fraction of sp³-hybridized carbons (Fsp3) is 0.200. The molecule has 0 radical (unpaired) electrons. The largest absolute Gasteiger partial charge is 0.233 e. The molecule has 52 valence electrons. The molecule has 0 spiro atoms. The molecule has 0 saturated heterocycles. The van der Waals surface area contributed by atoms with Gasteiger partial charge in [-0.05, 0) is 19.1 Å². The van der Waals surface area contributed by atoms with Gasteiger partial charge in [0.2, 0.25) is 5.84 Å². The Hall–Kier alpha value is -1.52. The highest BCUT2D eigenvalue weighted by Gasteiger charge is 2.03. The molecule has 0 atom stereocenters. The number of rotatable bonds is 1. The van der Waals surface area contributed by atoms with Gasteiger partial charge in [0.05, 0.1) is 5.10 Å². The van der Waals surface area contributed by atoms with E-state index in [0.29, 0.717) is 0 Å². The summed E-state index contributed by atoms with van der Waals surface area (Å²) in [5, 5.41) is 12.0. The molecule has 0 fully saturated rings. The summed E-state index contributed by atoms with van der Waals surface area (Å²) in [5.41, 5.74) is 0.737. The topological polar surface area (TPSA) is 67.9 Å². The Bertz CT molecular complexity index is 252. The Labute approximate surface area is 56.9 Å². The lowest BCUT2D eigenvalue weighted by Crippen LogP contribution is -1.92. The van der Waals surface area contributed by atoms with Crippen molar-refractivity contribution in [1.82, 2.24) is 0 Å². The maximum atomic E-state index is 9.78. The minimum absolute atomic E-state index is 0.155. The Morgan fingerprint density at radius 2 is 2.40 bits per heavy atom. The molecule has 10 heavy (non-hydrogen) atoms. The summed E-state index contributed by atoms with van der Waals surface area (Å²) < 4.78 is 0. The quantitative estimate of drug-likeness (QED) is 0.394. The van der Waals surface area contributed by atoms with Gasteiger partial charge in [-0.15, -0.1) is 0 Å². The maximum absolute atomic E-state index is 9.78. The predicted molar refractivity (Wildman–Crippen MR) is 36.7 cm³/mol. The Morgan fingerprint density at radius 3 is 2.80 bits per heavy atom. The van der Waals surface area contributed by atoms with Crippen molar-refractivity contribution in [2.75, 3.05) is 0 Å². The normalized spacial score (nSPS) is 19.7. The van der Waals surface area contributed by atoms with E-state index in [0.717, 1.165) is 5.71 Å². The maximum Gasteiger partial charge on any atom is 0.226 e. The summed E-state index contributed by atoms with van der Waals surface area (Å²) >= 11 is 0. The zero-order valence-electron chi connectivity index (χ0n) is 5.31. The van der Waals surface area contributed by atoms with Gasteiger partial charge in [0, 0.05) is 5.71 Å². The van der Waals surface area contributed by atoms with Gasteiger partial charge >= 0.3 is 0 Å². The highest BCUT2D eigenvalue weighted by Crippen LogP contribution is 1.96. The standard InChI is InChI=1S/C5H5N3O2/c1-4-2-3-5(6-4)7-8(9)10/h2-3H,1H3. The fourth-order valence-electron chi connectivity index (χ4n) is 0.590. The van der Waals surface area contributed by atoms with Crippen LogP contribution in [0, 0.1) is 10.1 Å². The Balaban J connectivity index is 2.80. The van der Waals surface area contributed by atoms with Crippen LogP contribution in [0.2, 0.25) is 0 Å². The van der Waals surface area contributed by atoms with Gasteiger partial charge in [-0.3, -0.25) is 0 Å². The van der Waals surface area contributed by atoms with Crippen molar-refractivity contribution in [2.45, 2.75) is 6.92 Å². The molecule has 1 rings (SSSR count). The van der Waals surface area contributed by atoms with Gasteiger partial charge in [0.1, 0.15) is 0 Å². The van der Waals surface area contributed by atoms with E-state index >= 15 is 0 Å². The van der Waals surface area contributed by atoms with Crippen molar-refractivity contribution < 1.29 is 5.03 Å². The van der Waals surface area contributed by atoms with Gasteiger partial charge in [0.25, 0.3) is 0 Å². The van der Waals surface area contributed by atoms with Crippen LogP contribution in [0.4, 0.5) is 0 Å². The van der Waals surface area contributed by atoms with Crippen LogP contribution in [-0.2, 0) is 0 Å². The number of amidine groups is 1. The zero-order valence-corrected chi connectivity index (χ0v) is 5.31. The average Bonchev–Trinajstić information content (AvgIpc) is 2.13. The van der Waals surface area contributed by atoms with Crippen molar-refractivity contribution in [1.29, 1.82) is 0 Å². The minimum Gasteiger partial charge on any atom is -0.233 e. The van der Waals surface area contributed by atoms with E-state index in [-0.39, 0.29) is 5.84 Å². The van der Waals surface area contributed by atoms with Crippen LogP contribution in [0.1, 0.15) is 6.92 Å². The molecule has 0 aromatic rings. The first kappa shape index (κ1) is 6.60. The van der Waals surface area contributed by atoms with Gasteiger partial charge in [-0.2, -0.15) is 0 Å². The smallest absolute Gasteiger partial charge is 0.226 e. The number of hydrogen-bond donors (Lipinski definition) is 0. The lowest BCUT2D eigenvalue weighted by Gasteiger charge is -1.78. The van der Waals surface area contributed by atoms with Crippen LogP contribution in [0.15, 0.2) is 22.2 Å². The van der Waals surface area contributed by atoms with E-state index in [2.05, 4.69) is 10.1 Å². The molecule has 0 aliphatic carbocycles. The SMILES string of the molecule is CC1=NC(=N[N+](=O)[O-])C=C1. The van der Waals surface area contributed by atoms with Crippen molar-refractivity contribution in [3.63, 3.8) is 0 Å². The summed E-state index contributed by atoms with van der Waals surface area (Å²) in [6.45, 7) is 1.75. The third-order valence-corrected chi connectivity index (χ3v) is 0.949. The molecular weight excluding hydrogens is 134 g/mol. The first-order valence-corrected chi connectivity index (χ1v) is 2.65. The van der Waals surface area contributed by atoms with Crippen molar-refractivity contribution in [2.24, 2.45) is 10.1 Å². The number of allylic oxidation sites excluding steroid dienone is 1. The van der Waals surface area contributed by atoms with Crippen LogP contribution in [0.25, 0.3) is 0 Å². The molecule has 0 aromatic heterocycles. The summed E-state index contributed by atoms with van der Waals surface area (Å²) in [4.78, 5) is 13.5. The molecule has 1 aliphatic heterocycles. The van der Waals surface area contributed by atoms with Crippen molar-refractivity contribution >= 4 is 11.5 Å². The predicted octanol–water partition coefficient (Wildman–Crippen LogP) is 0.607. The molecule has 0 bridgehead atoms. The number of hydrazone groups is 1. The number of aliphatic imine (C=N–C) groups is 1. The second kappa shape index (κ2) is 2.38. The van der Waals surface area contributed by atoms with Gasteiger partial charge in [-0.1, -0.05) is 0 Å². The van der Waals surface area contributed by atoms with E-state index in [4.69, 9.17) is 0 Å². The minimum atomic E-state index is -0.762. The Kier molecular flexibility index (Phi) is 1.57. The molecule has 0 unspecified atom stereocenters. The third-order valence-electron chi connectivity index (χ3n) is 0.949. The first-order valence-electron chi connectivity index (χ1n) is 2.65. The number of nitrogens with zero attached hydrogens (tertiary/aromatic N) is 3.